The first-order chi connectivity index (χ1) is 9.58. The summed E-state index contributed by atoms with van der Waals surface area (Å²) >= 11 is 4.86. The Kier molecular flexibility index (Phi) is 5.57. The quantitative estimate of drug-likeness (QED) is 0.798. The van der Waals surface area contributed by atoms with Gasteiger partial charge in [-0.15, -0.1) is 11.8 Å². The number of hydrogen-bond donors (Lipinski definition) is 1. The number of thioether (sulfide) groups is 1. The first-order valence-corrected chi connectivity index (χ1v) is 7.84. The lowest BCUT2D eigenvalue weighted by Gasteiger charge is -2.12. The third-order valence-electron chi connectivity index (χ3n) is 2.77. The first kappa shape index (κ1) is 15.5. The summed E-state index contributed by atoms with van der Waals surface area (Å²) in [5.74, 6) is -0.860. The van der Waals surface area contributed by atoms with Crippen LogP contribution in [0.5, 0.6) is 0 Å². The molecule has 0 radical (unpaired) electrons. The van der Waals surface area contributed by atoms with Crippen LogP contribution in [0.25, 0.3) is 0 Å². The van der Waals surface area contributed by atoms with Crippen molar-refractivity contribution in [2.45, 2.75) is 17.4 Å². The standard InChI is InChI=1S/C15H13BrF2OS/c16-12-4-1-2-7-15(12)20-9-10(19)8-11-13(17)5-3-6-14(11)18/h1-7,10,19H,8-9H2. The van der Waals surface area contributed by atoms with E-state index in [0.29, 0.717) is 5.75 Å². The molecule has 0 aliphatic heterocycles. The van der Waals surface area contributed by atoms with Crippen LogP contribution < -0.4 is 0 Å². The maximum absolute atomic E-state index is 13.5. The molecule has 0 saturated carbocycles. The van der Waals surface area contributed by atoms with Gasteiger partial charge >= 0.3 is 0 Å². The van der Waals surface area contributed by atoms with Crippen LogP contribution in [0.1, 0.15) is 5.56 Å². The Bertz CT molecular complexity index is 572. The van der Waals surface area contributed by atoms with Crippen LogP contribution in [0.2, 0.25) is 0 Å². The summed E-state index contributed by atoms with van der Waals surface area (Å²) in [6.45, 7) is 0. The molecule has 0 fully saturated rings. The van der Waals surface area contributed by atoms with Gasteiger partial charge in [0.2, 0.25) is 0 Å². The van der Waals surface area contributed by atoms with Gasteiger partial charge in [-0.2, -0.15) is 0 Å². The van der Waals surface area contributed by atoms with Crippen LogP contribution >= 0.6 is 27.7 Å². The highest BCUT2D eigenvalue weighted by molar-refractivity contribution is 9.10. The van der Waals surface area contributed by atoms with E-state index in [1.54, 1.807) is 0 Å². The second-order valence-corrected chi connectivity index (χ2v) is 6.22. The molecule has 0 aliphatic rings. The number of aliphatic hydroxyl groups excluding tert-OH is 1. The van der Waals surface area contributed by atoms with Gasteiger partial charge in [0.05, 0.1) is 6.10 Å². The molecule has 0 heterocycles. The lowest BCUT2D eigenvalue weighted by Crippen LogP contribution is -2.15. The second kappa shape index (κ2) is 7.20. The Morgan fingerprint density at radius 1 is 1.05 bits per heavy atom. The van der Waals surface area contributed by atoms with Gasteiger partial charge in [-0.05, 0) is 40.2 Å². The van der Waals surface area contributed by atoms with Gasteiger partial charge in [-0.1, -0.05) is 18.2 Å². The molecule has 0 aliphatic carbocycles. The zero-order valence-corrected chi connectivity index (χ0v) is 12.9. The summed E-state index contributed by atoms with van der Waals surface area (Å²) in [6.07, 6.45) is -0.839. The van der Waals surface area contributed by atoms with Crippen molar-refractivity contribution in [3.8, 4) is 0 Å². The Balaban J connectivity index is 1.96. The van der Waals surface area contributed by atoms with E-state index >= 15 is 0 Å². The molecule has 2 aromatic carbocycles. The maximum atomic E-state index is 13.5. The molecule has 2 rings (SSSR count). The van der Waals surface area contributed by atoms with Crippen LogP contribution in [0.3, 0.4) is 0 Å². The third-order valence-corrected chi connectivity index (χ3v) is 4.94. The van der Waals surface area contributed by atoms with Gasteiger partial charge < -0.3 is 5.11 Å². The normalized spacial score (nSPS) is 12.4. The van der Waals surface area contributed by atoms with Crippen LogP contribution in [-0.2, 0) is 6.42 Å². The summed E-state index contributed by atoms with van der Waals surface area (Å²) in [6, 6.07) is 11.3. The van der Waals surface area contributed by atoms with Crippen molar-refractivity contribution >= 4 is 27.7 Å². The van der Waals surface area contributed by atoms with E-state index in [2.05, 4.69) is 15.9 Å². The Morgan fingerprint density at radius 3 is 2.35 bits per heavy atom. The Morgan fingerprint density at radius 2 is 1.70 bits per heavy atom. The highest BCUT2D eigenvalue weighted by atomic mass is 79.9. The van der Waals surface area contributed by atoms with Crippen molar-refractivity contribution < 1.29 is 13.9 Å². The smallest absolute Gasteiger partial charge is 0.129 e. The van der Waals surface area contributed by atoms with Gasteiger partial charge in [0.15, 0.2) is 0 Å². The molecule has 5 heteroatoms. The number of rotatable bonds is 5. The minimum absolute atomic E-state index is 0.0318. The average Bonchev–Trinajstić information content (AvgIpc) is 2.42. The Labute approximate surface area is 129 Å². The van der Waals surface area contributed by atoms with E-state index in [1.807, 2.05) is 24.3 Å². The maximum Gasteiger partial charge on any atom is 0.129 e. The lowest BCUT2D eigenvalue weighted by atomic mass is 10.1. The molecule has 2 aromatic rings. The second-order valence-electron chi connectivity index (χ2n) is 4.30. The molecule has 0 spiro atoms. The number of halogens is 3. The van der Waals surface area contributed by atoms with Gasteiger partial charge in [0, 0.05) is 27.1 Å². The molecule has 106 valence electrons. The predicted octanol–water partition coefficient (Wildman–Crippen LogP) is 4.42. The van der Waals surface area contributed by atoms with Gasteiger partial charge in [-0.25, -0.2) is 8.78 Å². The van der Waals surface area contributed by atoms with Crippen molar-refractivity contribution in [1.82, 2.24) is 0 Å². The van der Waals surface area contributed by atoms with E-state index in [4.69, 9.17) is 0 Å². The topological polar surface area (TPSA) is 20.2 Å². The average molecular weight is 359 g/mol. The van der Waals surface area contributed by atoms with E-state index in [-0.39, 0.29) is 12.0 Å². The summed E-state index contributed by atoms with van der Waals surface area (Å²) in [5.41, 5.74) is -0.0623. The van der Waals surface area contributed by atoms with E-state index < -0.39 is 17.7 Å². The minimum Gasteiger partial charge on any atom is -0.392 e. The van der Waals surface area contributed by atoms with Crippen molar-refractivity contribution in [1.29, 1.82) is 0 Å². The monoisotopic (exact) mass is 358 g/mol. The van der Waals surface area contributed by atoms with E-state index in [1.165, 1.54) is 30.0 Å². The highest BCUT2D eigenvalue weighted by Crippen LogP contribution is 2.28. The van der Waals surface area contributed by atoms with Crippen molar-refractivity contribution in [2.24, 2.45) is 0 Å². The number of hydrogen-bond acceptors (Lipinski definition) is 2. The fraction of sp³-hybridized carbons (Fsp3) is 0.200. The molecule has 1 atom stereocenters. The first-order valence-electron chi connectivity index (χ1n) is 6.06. The summed E-state index contributed by atoms with van der Waals surface area (Å²) in [4.78, 5) is 0.987. The van der Waals surface area contributed by atoms with Crippen molar-refractivity contribution in [3.63, 3.8) is 0 Å². The number of aliphatic hydroxyl groups is 1. The largest absolute Gasteiger partial charge is 0.392 e. The molecular formula is C15H13BrF2OS. The van der Waals surface area contributed by atoms with Crippen LogP contribution in [0, 0.1) is 11.6 Å². The Hall–Kier alpha value is -0.910. The summed E-state index contributed by atoms with van der Waals surface area (Å²) in [5, 5.41) is 9.93. The summed E-state index contributed by atoms with van der Waals surface area (Å²) < 4.78 is 27.9. The number of benzene rings is 2. The fourth-order valence-corrected chi connectivity index (χ4v) is 3.27. The zero-order valence-electron chi connectivity index (χ0n) is 10.5. The molecule has 20 heavy (non-hydrogen) atoms. The molecular weight excluding hydrogens is 346 g/mol. The van der Waals surface area contributed by atoms with Crippen LogP contribution in [-0.4, -0.2) is 17.0 Å². The molecule has 0 amide bonds. The van der Waals surface area contributed by atoms with Crippen molar-refractivity contribution in [3.05, 3.63) is 64.1 Å². The van der Waals surface area contributed by atoms with Gasteiger partial charge in [-0.3, -0.25) is 0 Å². The molecule has 1 unspecified atom stereocenters. The van der Waals surface area contributed by atoms with E-state index in [0.717, 1.165) is 9.37 Å². The summed E-state index contributed by atoms with van der Waals surface area (Å²) in [7, 11) is 0. The lowest BCUT2D eigenvalue weighted by molar-refractivity contribution is 0.197. The van der Waals surface area contributed by atoms with Crippen LogP contribution in [0.4, 0.5) is 8.78 Å². The molecule has 0 bridgehead atoms. The molecule has 1 nitrogen and oxygen atoms in total. The molecule has 1 N–H and O–H groups in total. The third kappa shape index (κ3) is 4.04. The van der Waals surface area contributed by atoms with E-state index in [9.17, 15) is 13.9 Å². The molecule has 0 aromatic heterocycles. The highest BCUT2D eigenvalue weighted by Gasteiger charge is 2.14. The van der Waals surface area contributed by atoms with Crippen LogP contribution in [0.15, 0.2) is 51.8 Å². The predicted molar refractivity (Wildman–Crippen MR) is 80.9 cm³/mol. The molecule has 0 saturated heterocycles. The van der Waals surface area contributed by atoms with Gasteiger partial charge in [0.25, 0.3) is 0 Å². The fourth-order valence-electron chi connectivity index (χ4n) is 1.77. The van der Waals surface area contributed by atoms with Crippen molar-refractivity contribution in [2.75, 3.05) is 5.75 Å². The zero-order chi connectivity index (χ0) is 14.5. The minimum atomic E-state index is -0.807. The SMILES string of the molecule is OC(CSc1ccccc1Br)Cc1c(F)cccc1F. The van der Waals surface area contributed by atoms with Gasteiger partial charge in [0.1, 0.15) is 11.6 Å².